The highest BCUT2D eigenvalue weighted by Gasteiger charge is 2.30. The molecule has 0 spiro atoms. The van der Waals surface area contributed by atoms with Crippen molar-refractivity contribution in [3.8, 4) is 0 Å². The van der Waals surface area contributed by atoms with E-state index in [4.69, 9.17) is 4.74 Å². The van der Waals surface area contributed by atoms with Crippen molar-refractivity contribution >= 4 is 11.9 Å². The van der Waals surface area contributed by atoms with Crippen LogP contribution < -0.4 is 0 Å². The van der Waals surface area contributed by atoms with E-state index in [-0.39, 0.29) is 17.9 Å². The number of hydrogen-bond acceptors (Lipinski definition) is 3. The Labute approximate surface area is 128 Å². The van der Waals surface area contributed by atoms with E-state index in [0.717, 1.165) is 32.1 Å². The summed E-state index contributed by atoms with van der Waals surface area (Å²) in [5.41, 5.74) is -0.482. The molecule has 1 amide bonds. The summed E-state index contributed by atoms with van der Waals surface area (Å²) in [7, 11) is 0. The first-order valence-corrected chi connectivity index (χ1v) is 8.04. The van der Waals surface area contributed by atoms with E-state index < -0.39 is 5.60 Å². The number of rotatable bonds is 6. The minimum Gasteiger partial charge on any atom is -0.444 e. The SMILES string of the molecule is CCCCCC(=O)C=CC1CCCN1C(=O)OC(C)(C)C. The lowest BCUT2D eigenvalue weighted by Gasteiger charge is -2.27. The third kappa shape index (κ3) is 6.78. The van der Waals surface area contributed by atoms with Gasteiger partial charge in [-0.2, -0.15) is 0 Å². The van der Waals surface area contributed by atoms with Crippen molar-refractivity contribution in [3.05, 3.63) is 12.2 Å². The summed E-state index contributed by atoms with van der Waals surface area (Å²) in [6.45, 7) is 8.42. The molecule has 1 aliphatic heterocycles. The predicted molar refractivity (Wildman–Crippen MR) is 84.3 cm³/mol. The van der Waals surface area contributed by atoms with Crippen LogP contribution in [0, 0.1) is 0 Å². The highest BCUT2D eigenvalue weighted by atomic mass is 16.6. The van der Waals surface area contributed by atoms with E-state index in [9.17, 15) is 9.59 Å². The quantitative estimate of drug-likeness (QED) is 0.547. The van der Waals surface area contributed by atoms with Gasteiger partial charge in [-0.15, -0.1) is 0 Å². The van der Waals surface area contributed by atoms with Gasteiger partial charge in [0, 0.05) is 13.0 Å². The first-order valence-electron chi connectivity index (χ1n) is 8.04. The second-order valence-corrected chi connectivity index (χ2v) is 6.67. The summed E-state index contributed by atoms with van der Waals surface area (Å²) in [4.78, 5) is 25.6. The van der Waals surface area contributed by atoms with Crippen LogP contribution in [0.1, 0.15) is 66.2 Å². The molecule has 0 aromatic heterocycles. The second-order valence-electron chi connectivity index (χ2n) is 6.67. The van der Waals surface area contributed by atoms with Gasteiger partial charge in [-0.1, -0.05) is 25.8 Å². The Bertz CT molecular complexity index is 382. The van der Waals surface area contributed by atoms with Crippen LogP contribution in [0.25, 0.3) is 0 Å². The molecule has 0 radical (unpaired) electrons. The van der Waals surface area contributed by atoms with E-state index >= 15 is 0 Å². The first kappa shape index (κ1) is 17.7. The molecule has 0 aromatic rings. The van der Waals surface area contributed by atoms with Crippen molar-refractivity contribution < 1.29 is 14.3 Å². The molecule has 1 saturated heterocycles. The lowest BCUT2D eigenvalue weighted by molar-refractivity contribution is -0.114. The molecule has 4 heteroatoms. The third-order valence-corrected chi connectivity index (χ3v) is 3.46. The Morgan fingerprint density at radius 1 is 1.29 bits per heavy atom. The molecule has 1 unspecified atom stereocenters. The molecule has 0 bridgehead atoms. The molecule has 4 nitrogen and oxygen atoms in total. The van der Waals surface area contributed by atoms with Gasteiger partial charge in [0.15, 0.2) is 5.78 Å². The Morgan fingerprint density at radius 3 is 2.62 bits per heavy atom. The maximum atomic E-state index is 12.1. The normalized spacial score (nSPS) is 19.2. The van der Waals surface area contributed by atoms with Gasteiger partial charge in [-0.25, -0.2) is 4.79 Å². The van der Waals surface area contributed by atoms with Crippen LogP contribution in [-0.4, -0.2) is 35.0 Å². The Morgan fingerprint density at radius 2 is 2.00 bits per heavy atom. The van der Waals surface area contributed by atoms with E-state index in [2.05, 4.69) is 6.92 Å². The van der Waals surface area contributed by atoms with Crippen LogP contribution in [0.2, 0.25) is 0 Å². The average molecular weight is 295 g/mol. The Hall–Kier alpha value is -1.32. The van der Waals surface area contributed by atoms with E-state index in [0.29, 0.717) is 13.0 Å². The van der Waals surface area contributed by atoms with Gasteiger partial charge in [0.05, 0.1) is 6.04 Å². The maximum absolute atomic E-state index is 12.1. The van der Waals surface area contributed by atoms with Crippen molar-refractivity contribution in [3.63, 3.8) is 0 Å². The fourth-order valence-electron chi connectivity index (χ4n) is 2.39. The topological polar surface area (TPSA) is 46.6 Å². The molecular formula is C17H29NO3. The van der Waals surface area contributed by atoms with Crippen molar-refractivity contribution in [1.29, 1.82) is 0 Å². The number of carbonyl (C=O) groups is 2. The molecule has 1 rings (SSSR count). The summed E-state index contributed by atoms with van der Waals surface area (Å²) >= 11 is 0. The maximum Gasteiger partial charge on any atom is 0.410 e. The van der Waals surface area contributed by atoms with Gasteiger partial charge in [0.25, 0.3) is 0 Å². The van der Waals surface area contributed by atoms with Crippen LogP contribution in [0.15, 0.2) is 12.2 Å². The predicted octanol–water partition coefficient (Wildman–Crippen LogP) is 4.09. The van der Waals surface area contributed by atoms with Gasteiger partial charge < -0.3 is 9.64 Å². The number of carbonyl (C=O) groups excluding carboxylic acids is 2. The van der Waals surface area contributed by atoms with Crippen LogP contribution in [0.5, 0.6) is 0 Å². The summed E-state index contributed by atoms with van der Waals surface area (Å²) < 4.78 is 5.41. The molecular weight excluding hydrogens is 266 g/mol. The number of amides is 1. The highest BCUT2D eigenvalue weighted by Crippen LogP contribution is 2.21. The van der Waals surface area contributed by atoms with Crippen molar-refractivity contribution in [2.75, 3.05) is 6.54 Å². The number of likely N-dealkylation sites (tertiary alicyclic amines) is 1. The van der Waals surface area contributed by atoms with Crippen molar-refractivity contribution in [1.82, 2.24) is 4.90 Å². The Balaban J connectivity index is 2.49. The lowest BCUT2D eigenvalue weighted by Crippen LogP contribution is -2.39. The van der Waals surface area contributed by atoms with E-state index in [1.165, 1.54) is 0 Å². The summed E-state index contributed by atoms with van der Waals surface area (Å²) in [6.07, 6.45) is 8.83. The van der Waals surface area contributed by atoms with Crippen LogP contribution in [0.4, 0.5) is 4.79 Å². The molecule has 0 saturated carbocycles. The molecule has 1 aliphatic rings. The van der Waals surface area contributed by atoms with Gasteiger partial charge >= 0.3 is 6.09 Å². The van der Waals surface area contributed by atoms with Gasteiger partial charge in [-0.05, 0) is 46.1 Å². The Kier molecular flexibility index (Phi) is 6.93. The highest BCUT2D eigenvalue weighted by molar-refractivity contribution is 5.89. The minimum absolute atomic E-state index is 0.00465. The number of allylic oxidation sites excluding steroid dienone is 1. The van der Waals surface area contributed by atoms with Gasteiger partial charge in [-0.3, -0.25) is 4.79 Å². The molecule has 0 N–H and O–H groups in total. The fourth-order valence-corrected chi connectivity index (χ4v) is 2.39. The van der Waals surface area contributed by atoms with Gasteiger partial charge in [0.2, 0.25) is 0 Å². The number of hydrogen-bond donors (Lipinski definition) is 0. The summed E-state index contributed by atoms with van der Waals surface area (Å²) in [6, 6.07) is -0.00465. The van der Waals surface area contributed by atoms with Gasteiger partial charge in [0.1, 0.15) is 5.60 Å². The fraction of sp³-hybridized carbons (Fsp3) is 0.765. The zero-order chi connectivity index (χ0) is 15.9. The standard InChI is InChI=1S/C17H29NO3/c1-5-6-7-10-15(19)12-11-14-9-8-13-18(14)16(20)21-17(2,3)4/h11-12,14H,5-10,13H2,1-4H3. The number of nitrogens with zero attached hydrogens (tertiary/aromatic N) is 1. The average Bonchev–Trinajstić information content (AvgIpc) is 2.83. The first-order chi connectivity index (χ1) is 9.83. The summed E-state index contributed by atoms with van der Waals surface area (Å²) in [5.74, 6) is 0.152. The van der Waals surface area contributed by atoms with E-state index in [1.807, 2.05) is 26.8 Å². The minimum atomic E-state index is -0.482. The number of ether oxygens (including phenoxy) is 1. The molecule has 120 valence electrons. The molecule has 21 heavy (non-hydrogen) atoms. The smallest absolute Gasteiger partial charge is 0.410 e. The van der Waals surface area contributed by atoms with Crippen LogP contribution in [-0.2, 0) is 9.53 Å². The van der Waals surface area contributed by atoms with Crippen molar-refractivity contribution in [2.45, 2.75) is 77.9 Å². The van der Waals surface area contributed by atoms with Crippen molar-refractivity contribution in [2.24, 2.45) is 0 Å². The zero-order valence-corrected chi connectivity index (χ0v) is 13.9. The number of ketones is 1. The van der Waals surface area contributed by atoms with Crippen LogP contribution >= 0.6 is 0 Å². The molecule has 0 aromatic carbocycles. The number of unbranched alkanes of at least 4 members (excludes halogenated alkanes) is 2. The molecule has 1 heterocycles. The largest absolute Gasteiger partial charge is 0.444 e. The summed E-state index contributed by atoms with van der Waals surface area (Å²) in [5, 5.41) is 0. The zero-order valence-electron chi connectivity index (χ0n) is 13.9. The lowest BCUT2D eigenvalue weighted by atomic mass is 10.1. The monoisotopic (exact) mass is 295 g/mol. The third-order valence-electron chi connectivity index (χ3n) is 3.46. The molecule has 1 fully saturated rings. The van der Waals surface area contributed by atoms with Crippen LogP contribution in [0.3, 0.4) is 0 Å². The molecule has 0 aliphatic carbocycles. The molecule has 1 atom stereocenters. The van der Waals surface area contributed by atoms with E-state index in [1.54, 1.807) is 11.0 Å². The second kappa shape index (κ2) is 8.20.